The van der Waals surface area contributed by atoms with Crippen molar-refractivity contribution in [3.63, 3.8) is 0 Å². The van der Waals surface area contributed by atoms with Crippen molar-refractivity contribution in [2.75, 3.05) is 11.1 Å². The highest BCUT2D eigenvalue weighted by molar-refractivity contribution is 7.99. The number of anilines is 1. The largest absolute Gasteiger partial charge is 0.486 e. The summed E-state index contributed by atoms with van der Waals surface area (Å²) in [6, 6.07) is 11.9. The van der Waals surface area contributed by atoms with E-state index in [1.54, 1.807) is 0 Å². The molecule has 30 heavy (non-hydrogen) atoms. The second-order valence-electron chi connectivity index (χ2n) is 6.39. The van der Waals surface area contributed by atoms with Gasteiger partial charge in [0.25, 0.3) is 0 Å². The van der Waals surface area contributed by atoms with Crippen LogP contribution in [-0.4, -0.2) is 26.4 Å². The Morgan fingerprint density at radius 2 is 1.97 bits per heavy atom. The predicted molar refractivity (Wildman–Crippen MR) is 117 cm³/mol. The number of thioether (sulfide) groups is 1. The van der Waals surface area contributed by atoms with E-state index in [0.29, 0.717) is 23.3 Å². The molecule has 0 bridgehead atoms. The number of carbonyl (C=O) groups excluding carboxylic acids is 1. The lowest BCUT2D eigenvalue weighted by Gasteiger charge is -2.09. The first kappa shape index (κ1) is 22.1. The van der Waals surface area contributed by atoms with E-state index in [0.717, 1.165) is 12.1 Å². The standard InChI is InChI=1S/C21H22ClFN4O2S/c1-3-14-5-7-15(8-6-14)24-20(28)13-30-21-26-25-19(27(21)4-2)12-29-16-9-10-18(23)17(22)11-16/h5-11H,3-4,12-13H2,1-2H3,(H,24,28). The molecule has 9 heteroatoms. The summed E-state index contributed by atoms with van der Waals surface area (Å²) in [6.45, 7) is 4.82. The number of hydrogen-bond acceptors (Lipinski definition) is 5. The van der Waals surface area contributed by atoms with E-state index in [4.69, 9.17) is 16.3 Å². The van der Waals surface area contributed by atoms with Crippen LogP contribution in [0, 0.1) is 5.82 Å². The lowest BCUT2D eigenvalue weighted by Crippen LogP contribution is -2.15. The third-order valence-electron chi connectivity index (χ3n) is 4.35. The molecule has 0 fully saturated rings. The second kappa shape index (κ2) is 10.4. The SMILES string of the molecule is CCc1ccc(NC(=O)CSc2nnc(COc3ccc(F)c(Cl)c3)n2CC)cc1. The van der Waals surface area contributed by atoms with Gasteiger partial charge in [-0.1, -0.05) is 42.4 Å². The molecule has 0 atom stereocenters. The Balaban J connectivity index is 1.56. The van der Waals surface area contributed by atoms with Gasteiger partial charge >= 0.3 is 0 Å². The summed E-state index contributed by atoms with van der Waals surface area (Å²) in [5.74, 6) is 0.639. The molecule has 0 saturated heterocycles. The number of amides is 1. The monoisotopic (exact) mass is 448 g/mol. The average molecular weight is 449 g/mol. The Labute approximate surface area is 183 Å². The van der Waals surface area contributed by atoms with Crippen LogP contribution in [0.3, 0.4) is 0 Å². The van der Waals surface area contributed by atoms with Crippen LogP contribution in [0.5, 0.6) is 5.75 Å². The topological polar surface area (TPSA) is 69.0 Å². The maximum atomic E-state index is 13.3. The zero-order valence-corrected chi connectivity index (χ0v) is 18.3. The van der Waals surface area contributed by atoms with Crippen LogP contribution in [0.25, 0.3) is 0 Å². The third kappa shape index (κ3) is 5.73. The van der Waals surface area contributed by atoms with Crippen LogP contribution in [0.2, 0.25) is 5.02 Å². The summed E-state index contributed by atoms with van der Waals surface area (Å²) in [5.41, 5.74) is 1.98. The van der Waals surface area contributed by atoms with Gasteiger partial charge in [-0.25, -0.2) is 4.39 Å². The van der Waals surface area contributed by atoms with Gasteiger partial charge in [0.15, 0.2) is 11.0 Å². The number of benzene rings is 2. The fourth-order valence-corrected chi connectivity index (χ4v) is 3.71. The van der Waals surface area contributed by atoms with Crippen LogP contribution in [0.1, 0.15) is 25.2 Å². The fourth-order valence-electron chi connectivity index (χ4n) is 2.72. The van der Waals surface area contributed by atoms with Gasteiger partial charge in [-0.05, 0) is 43.2 Å². The minimum absolute atomic E-state index is 0.00366. The Morgan fingerprint density at radius 3 is 2.63 bits per heavy atom. The van der Waals surface area contributed by atoms with Gasteiger partial charge in [0.1, 0.15) is 18.2 Å². The molecule has 3 aromatic rings. The van der Waals surface area contributed by atoms with Gasteiger partial charge in [0, 0.05) is 18.3 Å². The molecule has 2 aromatic carbocycles. The fraction of sp³-hybridized carbons (Fsp3) is 0.286. The number of aryl methyl sites for hydroxylation is 1. The molecule has 0 radical (unpaired) electrons. The summed E-state index contributed by atoms with van der Waals surface area (Å²) < 4.78 is 20.8. The van der Waals surface area contributed by atoms with Gasteiger partial charge in [-0.3, -0.25) is 4.79 Å². The first-order valence-electron chi connectivity index (χ1n) is 9.51. The van der Waals surface area contributed by atoms with Crippen molar-refractivity contribution in [3.8, 4) is 5.75 Å². The molecule has 158 valence electrons. The molecule has 0 aliphatic carbocycles. The summed E-state index contributed by atoms with van der Waals surface area (Å²) in [5, 5.41) is 11.8. The first-order valence-corrected chi connectivity index (χ1v) is 10.9. The van der Waals surface area contributed by atoms with E-state index in [1.165, 1.54) is 35.5 Å². The molecule has 0 aliphatic rings. The minimum Gasteiger partial charge on any atom is -0.486 e. The highest BCUT2D eigenvalue weighted by atomic mass is 35.5. The summed E-state index contributed by atoms with van der Waals surface area (Å²) in [4.78, 5) is 12.3. The lowest BCUT2D eigenvalue weighted by molar-refractivity contribution is -0.113. The maximum Gasteiger partial charge on any atom is 0.234 e. The minimum atomic E-state index is -0.501. The van der Waals surface area contributed by atoms with Crippen molar-refractivity contribution in [3.05, 3.63) is 64.7 Å². The van der Waals surface area contributed by atoms with Crippen LogP contribution in [0.4, 0.5) is 10.1 Å². The number of rotatable bonds is 9. The molecular weight excluding hydrogens is 427 g/mol. The van der Waals surface area contributed by atoms with Crippen molar-refractivity contribution in [2.24, 2.45) is 0 Å². The number of aromatic nitrogens is 3. The predicted octanol–water partition coefficient (Wildman–Crippen LogP) is 4.96. The Morgan fingerprint density at radius 1 is 1.20 bits per heavy atom. The lowest BCUT2D eigenvalue weighted by atomic mass is 10.1. The van der Waals surface area contributed by atoms with Crippen LogP contribution >= 0.6 is 23.4 Å². The second-order valence-corrected chi connectivity index (χ2v) is 7.74. The van der Waals surface area contributed by atoms with E-state index < -0.39 is 5.82 Å². The van der Waals surface area contributed by atoms with E-state index in [-0.39, 0.29) is 23.3 Å². The number of nitrogens with zero attached hydrogens (tertiary/aromatic N) is 3. The molecule has 0 saturated carbocycles. The number of hydrogen-bond donors (Lipinski definition) is 1. The van der Waals surface area contributed by atoms with E-state index >= 15 is 0 Å². The van der Waals surface area contributed by atoms with Crippen molar-refractivity contribution in [1.82, 2.24) is 14.8 Å². The summed E-state index contributed by atoms with van der Waals surface area (Å²) in [7, 11) is 0. The Hall–Kier alpha value is -2.58. The number of ether oxygens (including phenoxy) is 1. The molecule has 3 rings (SSSR count). The molecule has 1 heterocycles. The Kier molecular flexibility index (Phi) is 7.70. The van der Waals surface area contributed by atoms with Crippen molar-refractivity contribution >= 4 is 35.0 Å². The van der Waals surface area contributed by atoms with Gasteiger partial charge in [-0.15, -0.1) is 10.2 Å². The van der Waals surface area contributed by atoms with E-state index in [1.807, 2.05) is 35.8 Å². The molecule has 0 unspecified atom stereocenters. The smallest absolute Gasteiger partial charge is 0.234 e. The highest BCUT2D eigenvalue weighted by Gasteiger charge is 2.14. The van der Waals surface area contributed by atoms with Gasteiger partial charge in [-0.2, -0.15) is 0 Å². The molecule has 0 spiro atoms. The number of carbonyl (C=O) groups is 1. The van der Waals surface area contributed by atoms with Crippen molar-refractivity contribution in [1.29, 1.82) is 0 Å². The molecule has 1 N–H and O–H groups in total. The third-order valence-corrected chi connectivity index (χ3v) is 5.60. The maximum absolute atomic E-state index is 13.3. The molecule has 1 amide bonds. The average Bonchev–Trinajstić information content (AvgIpc) is 3.15. The summed E-state index contributed by atoms with van der Waals surface area (Å²) in [6.07, 6.45) is 0.955. The molecule has 6 nitrogen and oxygen atoms in total. The quantitative estimate of drug-likeness (QED) is 0.468. The van der Waals surface area contributed by atoms with E-state index in [9.17, 15) is 9.18 Å². The molecule has 0 aliphatic heterocycles. The Bertz CT molecular complexity index is 1010. The van der Waals surface area contributed by atoms with Crippen LogP contribution < -0.4 is 10.1 Å². The number of halogens is 2. The highest BCUT2D eigenvalue weighted by Crippen LogP contribution is 2.23. The normalized spacial score (nSPS) is 10.8. The van der Waals surface area contributed by atoms with Gasteiger partial charge < -0.3 is 14.6 Å². The van der Waals surface area contributed by atoms with Crippen LogP contribution in [0.15, 0.2) is 47.6 Å². The molecular formula is C21H22ClFN4O2S. The zero-order chi connectivity index (χ0) is 21.5. The van der Waals surface area contributed by atoms with E-state index in [2.05, 4.69) is 22.4 Å². The van der Waals surface area contributed by atoms with Crippen LogP contribution in [-0.2, 0) is 24.4 Å². The van der Waals surface area contributed by atoms with Crippen molar-refractivity contribution in [2.45, 2.75) is 38.6 Å². The van der Waals surface area contributed by atoms with Gasteiger partial charge in [0.05, 0.1) is 10.8 Å². The first-order chi connectivity index (χ1) is 14.5. The zero-order valence-electron chi connectivity index (χ0n) is 16.7. The molecule has 1 aromatic heterocycles. The van der Waals surface area contributed by atoms with Gasteiger partial charge in [0.2, 0.25) is 5.91 Å². The number of nitrogens with one attached hydrogen (secondary N) is 1. The van der Waals surface area contributed by atoms with Crippen molar-refractivity contribution < 1.29 is 13.9 Å². The summed E-state index contributed by atoms with van der Waals surface area (Å²) >= 11 is 7.08.